The van der Waals surface area contributed by atoms with E-state index in [0.29, 0.717) is 36.0 Å². The van der Waals surface area contributed by atoms with Gasteiger partial charge in [0.2, 0.25) is 0 Å². The summed E-state index contributed by atoms with van der Waals surface area (Å²) in [5, 5.41) is 12.3. The van der Waals surface area contributed by atoms with Crippen molar-refractivity contribution in [1.82, 2.24) is 9.88 Å². The summed E-state index contributed by atoms with van der Waals surface area (Å²) in [5.41, 5.74) is 0.561. The standard InChI is InChI=1S/C20H23N3O5/c1-27-16-7-6-13(12-17(16)28-2)19(24)23-10-8-14(9-11-23)21-18-5-3-4-15(22-18)20(25)26/h3-7,12,14H,8-11H2,1-2H3,(H,21,22)(H,25,26). The van der Waals surface area contributed by atoms with Crippen LogP contribution in [0, 0.1) is 0 Å². The molecule has 0 bridgehead atoms. The Morgan fingerprint density at radius 1 is 1.11 bits per heavy atom. The van der Waals surface area contributed by atoms with Crippen LogP contribution in [-0.4, -0.2) is 60.2 Å². The summed E-state index contributed by atoms with van der Waals surface area (Å²) in [6.07, 6.45) is 1.50. The lowest BCUT2D eigenvalue weighted by Gasteiger charge is -2.32. The summed E-state index contributed by atoms with van der Waals surface area (Å²) in [4.78, 5) is 29.7. The molecule has 1 saturated heterocycles. The van der Waals surface area contributed by atoms with Crippen LogP contribution in [0.4, 0.5) is 5.82 Å². The number of nitrogens with one attached hydrogen (secondary N) is 1. The fourth-order valence-corrected chi connectivity index (χ4v) is 3.22. The number of rotatable bonds is 6. The van der Waals surface area contributed by atoms with Gasteiger partial charge < -0.3 is 24.8 Å². The van der Waals surface area contributed by atoms with Gasteiger partial charge in [0.25, 0.3) is 5.91 Å². The first-order valence-electron chi connectivity index (χ1n) is 9.00. The fraction of sp³-hybridized carbons (Fsp3) is 0.350. The van der Waals surface area contributed by atoms with Gasteiger partial charge in [0, 0.05) is 24.7 Å². The molecule has 148 valence electrons. The van der Waals surface area contributed by atoms with E-state index < -0.39 is 5.97 Å². The second-order valence-corrected chi connectivity index (χ2v) is 6.49. The number of methoxy groups -OCH3 is 2. The number of ether oxygens (including phenoxy) is 2. The van der Waals surface area contributed by atoms with Gasteiger partial charge in [-0.3, -0.25) is 4.79 Å². The Hall–Kier alpha value is -3.29. The zero-order valence-corrected chi connectivity index (χ0v) is 15.8. The Kier molecular flexibility index (Phi) is 5.98. The Morgan fingerprint density at radius 3 is 2.46 bits per heavy atom. The second-order valence-electron chi connectivity index (χ2n) is 6.49. The van der Waals surface area contributed by atoms with E-state index in [1.165, 1.54) is 13.2 Å². The van der Waals surface area contributed by atoms with Crippen molar-refractivity contribution in [2.75, 3.05) is 32.6 Å². The highest BCUT2D eigenvalue weighted by molar-refractivity contribution is 5.95. The smallest absolute Gasteiger partial charge is 0.354 e. The van der Waals surface area contributed by atoms with E-state index in [-0.39, 0.29) is 17.6 Å². The molecule has 0 atom stereocenters. The van der Waals surface area contributed by atoms with Crippen molar-refractivity contribution in [3.05, 3.63) is 47.7 Å². The lowest BCUT2D eigenvalue weighted by Crippen LogP contribution is -2.42. The average Bonchev–Trinajstić information content (AvgIpc) is 2.73. The number of aromatic carboxylic acids is 1. The van der Waals surface area contributed by atoms with E-state index in [1.54, 1.807) is 42.3 Å². The minimum Gasteiger partial charge on any atom is -0.493 e. The summed E-state index contributed by atoms with van der Waals surface area (Å²) in [7, 11) is 3.09. The van der Waals surface area contributed by atoms with Crippen molar-refractivity contribution < 1.29 is 24.2 Å². The number of aromatic nitrogens is 1. The van der Waals surface area contributed by atoms with E-state index in [4.69, 9.17) is 14.6 Å². The van der Waals surface area contributed by atoms with E-state index >= 15 is 0 Å². The summed E-state index contributed by atoms with van der Waals surface area (Å²) >= 11 is 0. The molecule has 0 unspecified atom stereocenters. The number of hydrogen-bond acceptors (Lipinski definition) is 6. The van der Waals surface area contributed by atoms with Crippen LogP contribution in [0.5, 0.6) is 11.5 Å². The van der Waals surface area contributed by atoms with E-state index in [9.17, 15) is 9.59 Å². The van der Waals surface area contributed by atoms with Crippen LogP contribution in [0.1, 0.15) is 33.7 Å². The molecule has 0 saturated carbocycles. The zero-order chi connectivity index (χ0) is 20.1. The van der Waals surface area contributed by atoms with Gasteiger partial charge in [-0.1, -0.05) is 6.07 Å². The van der Waals surface area contributed by atoms with Crippen molar-refractivity contribution in [2.24, 2.45) is 0 Å². The molecule has 0 aliphatic carbocycles. The largest absolute Gasteiger partial charge is 0.493 e. The third kappa shape index (κ3) is 4.33. The molecule has 2 heterocycles. The molecule has 0 spiro atoms. The van der Waals surface area contributed by atoms with Crippen LogP contribution in [0.15, 0.2) is 36.4 Å². The summed E-state index contributed by atoms with van der Waals surface area (Å²) in [5.74, 6) is 0.529. The molecule has 1 aromatic carbocycles. The first-order valence-corrected chi connectivity index (χ1v) is 9.00. The highest BCUT2D eigenvalue weighted by Gasteiger charge is 2.24. The van der Waals surface area contributed by atoms with Gasteiger partial charge in [-0.05, 0) is 43.2 Å². The van der Waals surface area contributed by atoms with Gasteiger partial charge in [0.1, 0.15) is 5.82 Å². The number of nitrogens with zero attached hydrogens (tertiary/aromatic N) is 2. The maximum atomic E-state index is 12.8. The van der Waals surface area contributed by atoms with Crippen molar-refractivity contribution in [3.63, 3.8) is 0 Å². The van der Waals surface area contributed by atoms with Crippen LogP contribution in [0.25, 0.3) is 0 Å². The minimum absolute atomic E-state index is 0.00562. The summed E-state index contributed by atoms with van der Waals surface area (Å²) < 4.78 is 10.5. The number of benzene rings is 1. The lowest BCUT2D eigenvalue weighted by atomic mass is 10.0. The predicted octanol–water partition coefficient (Wildman–Crippen LogP) is 2.51. The molecule has 3 rings (SSSR count). The average molecular weight is 385 g/mol. The molecule has 2 aromatic rings. The normalized spacial score (nSPS) is 14.4. The molecule has 28 heavy (non-hydrogen) atoms. The molecular formula is C20H23N3O5. The van der Waals surface area contributed by atoms with E-state index in [0.717, 1.165) is 12.8 Å². The number of carboxylic acid groups (broad SMARTS) is 1. The summed E-state index contributed by atoms with van der Waals surface area (Å²) in [6.45, 7) is 1.20. The Bertz CT molecular complexity index is 863. The second kappa shape index (κ2) is 8.60. The first kappa shape index (κ1) is 19.5. The number of carbonyl (C=O) groups excluding carboxylic acids is 1. The van der Waals surface area contributed by atoms with Gasteiger partial charge in [0.15, 0.2) is 17.2 Å². The van der Waals surface area contributed by atoms with Gasteiger partial charge in [0.05, 0.1) is 14.2 Å². The topological polar surface area (TPSA) is 101 Å². The minimum atomic E-state index is -1.06. The van der Waals surface area contributed by atoms with Gasteiger partial charge in [-0.2, -0.15) is 0 Å². The molecular weight excluding hydrogens is 362 g/mol. The van der Waals surface area contributed by atoms with Crippen molar-refractivity contribution >= 4 is 17.7 Å². The number of piperidine rings is 1. The van der Waals surface area contributed by atoms with Crippen LogP contribution in [0.3, 0.4) is 0 Å². The van der Waals surface area contributed by atoms with Crippen LogP contribution in [0.2, 0.25) is 0 Å². The van der Waals surface area contributed by atoms with Crippen molar-refractivity contribution in [1.29, 1.82) is 0 Å². The number of hydrogen-bond donors (Lipinski definition) is 2. The predicted molar refractivity (Wildman–Crippen MR) is 103 cm³/mol. The number of carbonyl (C=O) groups is 2. The highest BCUT2D eigenvalue weighted by Crippen LogP contribution is 2.28. The molecule has 1 fully saturated rings. The summed E-state index contributed by atoms with van der Waals surface area (Å²) in [6, 6.07) is 10.1. The first-order chi connectivity index (χ1) is 13.5. The third-order valence-corrected chi connectivity index (χ3v) is 4.73. The molecule has 1 aromatic heterocycles. The number of amides is 1. The zero-order valence-electron chi connectivity index (χ0n) is 15.8. The quantitative estimate of drug-likeness (QED) is 0.788. The number of carboxylic acids is 1. The molecule has 8 nitrogen and oxygen atoms in total. The Labute approximate surface area is 163 Å². The van der Waals surface area contributed by atoms with Crippen LogP contribution in [-0.2, 0) is 0 Å². The number of likely N-dealkylation sites (tertiary alicyclic amines) is 1. The Balaban J connectivity index is 1.60. The molecule has 8 heteroatoms. The molecule has 1 aliphatic heterocycles. The van der Waals surface area contributed by atoms with Gasteiger partial charge in [-0.15, -0.1) is 0 Å². The molecule has 1 amide bonds. The maximum absolute atomic E-state index is 12.8. The van der Waals surface area contributed by atoms with Gasteiger partial charge in [-0.25, -0.2) is 9.78 Å². The monoisotopic (exact) mass is 385 g/mol. The lowest BCUT2D eigenvalue weighted by molar-refractivity contribution is 0.0687. The number of anilines is 1. The van der Waals surface area contributed by atoms with Crippen LogP contribution >= 0.6 is 0 Å². The van der Waals surface area contributed by atoms with E-state index in [2.05, 4.69) is 10.3 Å². The molecule has 2 N–H and O–H groups in total. The SMILES string of the molecule is COc1ccc(C(=O)N2CCC(Nc3cccc(C(=O)O)n3)CC2)cc1OC. The van der Waals surface area contributed by atoms with Crippen molar-refractivity contribution in [3.8, 4) is 11.5 Å². The van der Waals surface area contributed by atoms with Crippen LogP contribution < -0.4 is 14.8 Å². The Morgan fingerprint density at radius 2 is 1.82 bits per heavy atom. The van der Waals surface area contributed by atoms with Crippen molar-refractivity contribution in [2.45, 2.75) is 18.9 Å². The van der Waals surface area contributed by atoms with Gasteiger partial charge >= 0.3 is 5.97 Å². The third-order valence-electron chi connectivity index (χ3n) is 4.73. The maximum Gasteiger partial charge on any atom is 0.354 e. The molecule has 0 radical (unpaired) electrons. The molecule has 1 aliphatic rings. The highest BCUT2D eigenvalue weighted by atomic mass is 16.5. The fourth-order valence-electron chi connectivity index (χ4n) is 3.22. The number of pyridine rings is 1. The van der Waals surface area contributed by atoms with E-state index in [1.807, 2.05) is 0 Å².